The van der Waals surface area contributed by atoms with Gasteiger partial charge in [-0.3, -0.25) is 9.48 Å². The maximum Gasteiger partial charge on any atom is 0.292 e. The molecule has 0 spiro atoms. The summed E-state index contributed by atoms with van der Waals surface area (Å²) in [6.45, 7) is 5.35. The van der Waals surface area contributed by atoms with E-state index in [1.165, 1.54) is 0 Å². The van der Waals surface area contributed by atoms with Gasteiger partial charge in [-0.25, -0.2) is 0 Å². The van der Waals surface area contributed by atoms with Crippen LogP contribution in [0.2, 0.25) is 0 Å². The van der Waals surface area contributed by atoms with Crippen LogP contribution in [0, 0.1) is 6.92 Å². The summed E-state index contributed by atoms with van der Waals surface area (Å²) < 4.78 is 18.2. The van der Waals surface area contributed by atoms with Crippen LogP contribution in [-0.2, 0) is 6.54 Å². The molecular formula is C22H26N4O4. The summed E-state index contributed by atoms with van der Waals surface area (Å²) in [5.74, 6) is 1.51. The van der Waals surface area contributed by atoms with E-state index in [1.807, 2.05) is 47.8 Å². The average molecular weight is 410 g/mol. The van der Waals surface area contributed by atoms with Crippen LogP contribution in [0.3, 0.4) is 0 Å². The molecule has 1 aromatic carbocycles. The van der Waals surface area contributed by atoms with Gasteiger partial charge in [0.15, 0.2) is 0 Å². The molecule has 0 aliphatic carbocycles. The predicted octanol–water partition coefficient (Wildman–Crippen LogP) is 3.86. The molecule has 1 aliphatic rings. The predicted molar refractivity (Wildman–Crippen MR) is 111 cm³/mol. The molecule has 1 unspecified atom stereocenters. The molecule has 2 aromatic heterocycles. The van der Waals surface area contributed by atoms with E-state index in [0.29, 0.717) is 12.2 Å². The second-order valence-corrected chi connectivity index (χ2v) is 7.32. The van der Waals surface area contributed by atoms with Crippen LogP contribution >= 0.6 is 0 Å². The van der Waals surface area contributed by atoms with Gasteiger partial charge in [0.1, 0.15) is 17.2 Å². The number of aromatic nitrogens is 3. The molecule has 3 heterocycles. The van der Waals surface area contributed by atoms with Crippen LogP contribution in [0.5, 0.6) is 11.5 Å². The lowest BCUT2D eigenvalue weighted by atomic mass is 10.0. The van der Waals surface area contributed by atoms with Gasteiger partial charge >= 0.3 is 0 Å². The number of carbonyl (C=O) groups is 1. The van der Waals surface area contributed by atoms with Crippen molar-refractivity contribution >= 4 is 5.91 Å². The SMILES string of the molecule is CCn1cc(-c2cc(C(=O)N3CCCC3c3cc(OC)ccc3OC)on2)c(C)n1. The number of carbonyl (C=O) groups excluding carboxylic acids is 1. The van der Waals surface area contributed by atoms with Crippen LogP contribution < -0.4 is 9.47 Å². The maximum atomic E-state index is 13.3. The second kappa shape index (κ2) is 8.22. The Balaban J connectivity index is 1.62. The van der Waals surface area contributed by atoms with Crippen molar-refractivity contribution in [2.24, 2.45) is 0 Å². The normalized spacial score (nSPS) is 16.1. The van der Waals surface area contributed by atoms with Crippen molar-refractivity contribution in [3.05, 3.63) is 47.5 Å². The fraction of sp³-hybridized carbons (Fsp3) is 0.409. The first-order chi connectivity index (χ1) is 14.5. The fourth-order valence-electron chi connectivity index (χ4n) is 4.01. The van der Waals surface area contributed by atoms with Crippen LogP contribution in [0.1, 0.15) is 47.6 Å². The fourth-order valence-corrected chi connectivity index (χ4v) is 4.01. The Hall–Kier alpha value is -3.29. The minimum atomic E-state index is -0.179. The number of hydrogen-bond acceptors (Lipinski definition) is 6. The Morgan fingerprint density at radius 2 is 2.10 bits per heavy atom. The topological polar surface area (TPSA) is 82.6 Å². The molecule has 0 radical (unpaired) electrons. The summed E-state index contributed by atoms with van der Waals surface area (Å²) in [6.07, 6.45) is 3.67. The van der Waals surface area contributed by atoms with Crippen molar-refractivity contribution in [1.29, 1.82) is 0 Å². The molecule has 1 saturated heterocycles. The zero-order chi connectivity index (χ0) is 21.3. The first-order valence-electron chi connectivity index (χ1n) is 10.1. The smallest absolute Gasteiger partial charge is 0.292 e. The number of aryl methyl sites for hydroxylation is 2. The number of benzene rings is 1. The van der Waals surface area contributed by atoms with Gasteiger partial charge in [-0.1, -0.05) is 5.16 Å². The molecule has 1 atom stereocenters. The van der Waals surface area contributed by atoms with Crippen LogP contribution in [0.15, 0.2) is 35.0 Å². The molecule has 0 N–H and O–H groups in total. The van der Waals surface area contributed by atoms with Gasteiger partial charge in [0.25, 0.3) is 5.91 Å². The summed E-state index contributed by atoms with van der Waals surface area (Å²) in [5.41, 5.74) is 3.27. The maximum absolute atomic E-state index is 13.3. The van der Waals surface area contributed by atoms with E-state index in [9.17, 15) is 4.79 Å². The summed E-state index contributed by atoms with van der Waals surface area (Å²) in [4.78, 5) is 15.1. The van der Waals surface area contributed by atoms with E-state index in [-0.39, 0.29) is 17.7 Å². The highest BCUT2D eigenvalue weighted by atomic mass is 16.5. The second-order valence-electron chi connectivity index (χ2n) is 7.32. The van der Waals surface area contributed by atoms with Crippen LogP contribution in [-0.4, -0.2) is 46.5 Å². The molecule has 8 nitrogen and oxygen atoms in total. The summed E-state index contributed by atoms with van der Waals surface area (Å²) in [6, 6.07) is 7.25. The Kier molecular flexibility index (Phi) is 5.48. The zero-order valence-corrected chi connectivity index (χ0v) is 17.7. The van der Waals surface area contributed by atoms with E-state index in [1.54, 1.807) is 20.3 Å². The van der Waals surface area contributed by atoms with Gasteiger partial charge < -0.3 is 18.9 Å². The van der Waals surface area contributed by atoms with Crippen LogP contribution in [0.4, 0.5) is 0 Å². The number of nitrogens with zero attached hydrogens (tertiary/aromatic N) is 4. The molecule has 1 fully saturated rings. The molecule has 1 amide bonds. The monoisotopic (exact) mass is 410 g/mol. The van der Waals surface area contributed by atoms with Gasteiger partial charge in [-0.05, 0) is 44.9 Å². The van der Waals surface area contributed by atoms with Crippen molar-refractivity contribution in [2.45, 2.75) is 39.3 Å². The van der Waals surface area contributed by atoms with E-state index < -0.39 is 0 Å². The number of hydrogen-bond donors (Lipinski definition) is 0. The highest BCUT2D eigenvalue weighted by Crippen LogP contribution is 2.39. The lowest BCUT2D eigenvalue weighted by Gasteiger charge is -2.25. The molecule has 158 valence electrons. The third-order valence-corrected chi connectivity index (χ3v) is 5.58. The molecule has 1 aliphatic heterocycles. The summed E-state index contributed by atoms with van der Waals surface area (Å²) in [5, 5.41) is 8.56. The zero-order valence-electron chi connectivity index (χ0n) is 17.7. The highest BCUT2D eigenvalue weighted by molar-refractivity contribution is 5.93. The van der Waals surface area contributed by atoms with Gasteiger partial charge in [0, 0.05) is 36.5 Å². The lowest BCUT2D eigenvalue weighted by Crippen LogP contribution is -2.30. The molecule has 8 heteroatoms. The number of amides is 1. The Bertz CT molecular complexity index is 1060. The molecule has 0 bridgehead atoms. The largest absolute Gasteiger partial charge is 0.497 e. The van der Waals surface area contributed by atoms with Crippen molar-refractivity contribution < 1.29 is 18.8 Å². The number of rotatable bonds is 6. The molecule has 30 heavy (non-hydrogen) atoms. The first kappa shape index (κ1) is 20.0. The standard InChI is InChI=1S/C22H26N4O4/c1-5-25-13-17(14(2)23-25)18-12-21(30-24-18)22(27)26-10-6-7-19(26)16-11-15(28-3)8-9-20(16)29-4/h8-9,11-13,19H,5-7,10H2,1-4H3. The average Bonchev–Trinajstić information content (AvgIpc) is 3.51. The van der Waals surface area contributed by atoms with Crippen molar-refractivity contribution in [3.63, 3.8) is 0 Å². The molecular weight excluding hydrogens is 384 g/mol. The van der Waals surface area contributed by atoms with Crippen molar-refractivity contribution in [1.82, 2.24) is 19.8 Å². The van der Waals surface area contributed by atoms with Crippen molar-refractivity contribution in [2.75, 3.05) is 20.8 Å². The van der Waals surface area contributed by atoms with Crippen LogP contribution in [0.25, 0.3) is 11.3 Å². The Labute approximate surface area is 175 Å². The summed E-state index contributed by atoms with van der Waals surface area (Å²) in [7, 11) is 3.26. The highest BCUT2D eigenvalue weighted by Gasteiger charge is 2.34. The van der Waals surface area contributed by atoms with Crippen molar-refractivity contribution in [3.8, 4) is 22.8 Å². The quantitative estimate of drug-likeness (QED) is 0.614. The Morgan fingerprint density at radius 3 is 2.80 bits per heavy atom. The number of ether oxygens (including phenoxy) is 2. The number of likely N-dealkylation sites (tertiary alicyclic amines) is 1. The first-order valence-corrected chi connectivity index (χ1v) is 10.1. The van der Waals surface area contributed by atoms with E-state index >= 15 is 0 Å². The third-order valence-electron chi connectivity index (χ3n) is 5.58. The minimum absolute atomic E-state index is 0.110. The van der Waals surface area contributed by atoms with E-state index in [0.717, 1.165) is 47.7 Å². The van der Waals surface area contributed by atoms with Gasteiger partial charge in [0.05, 0.1) is 26.0 Å². The van der Waals surface area contributed by atoms with E-state index in [4.69, 9.17) is 14.0 Å². The Morgan fingerprint density at radius 1 is 1.27 bits per heavy atom. The molecule has 4 rings (SSSR count). The third kappa shape index (κ3) is 3.53. The van der Waals surface area contributed by atoms with Gasteiger partial charge in [-0.2, -0.15) is 5.10 Å². The lowest BCUT2D eigenvalue weighted by molar-refractivity contribution is 0.0691. The summed E-state index contributed by atoms with van der Waals surface area (Å²) >= 11 is 0. The van der Waals surface area contributed by atoms with Gasteiger partial charge in [-0.15, -0.1) is 0 Å². The number of methoxy groups -OCH3 is 2. The van der Waals surface area contributed by atoms with E-state index in [2.05, 4.69) is 10.3 Å². The molecule has 3 aromatic rings. The minimum Gasteiger partial charge on any atom is -0.497 e. The van der Waals surface area contributed by atoms with Gasteiger partial charge in [0.2, 0.25) is 5.76 Å². The molecule has 0 saturated carbocycles.